The van der Waals surface area contributed by atoms with E-state index in [9.17, 15) is 14.0 Å². The topological polar surface area (TPSA) is 128 Å². The van der Waals surface area contributed by atoms with Crippen LogP contribution in [0.2, 0.25) is 0 Å². The first kappa shape index (κ1) is 24.2. The molecule has 1 atom stereocenters. The summed E-state index contributed by atoms with van der Waals surface area (Å²) in [6.45, 7) is 2.08. The number of tetrazole rings is 1. The van der Waals surface area contributed by atoms with Crippen molar-refractivity contribution in [2.24, 2.45) is 7.05 Å². The van der Waals surface area contributed by atoms with E-state index in [1.165, 1.54) is 18.5 Å². The van der Waals surface area contributed by atoms with Crippen LogP contribution in [-0.4, -0.2) is 42.0 Å². The van der Waals surface area contributed by atoms with Gasteiger partial charge in [-0.15, -0.1) is 5.10 Å². The van der Waals surface area contributed by atoms with Crippen LogP contribution < -0.4 is 10.6 Å². The molecule has 0 fully saturated rings. The van der Waals surface area contributed by atoms with Crippen LogP contribution in [0.25, 0.3) is 11.4 Å². The summed E-state index contributed by atoms with van der Waals surface area (Å²) in [5, 5.41) is 17.4. The highest BCUT2D eigenvalue weighted by Crippen LogP contribution is 2.33. The Kier molecular flexibility index (Phi) is 6.67. The van der Waals surface area contributed by atoms with Gasteiger partial charge < -0.3 is 10.6 Å². The molecule has 0 bridgehead atoms. The maximum absolute atomic E-state index is 13.7. The number of rotatable bonds is 7. The van der Waals surface area contributed by atoms with Gasteiger partial charge in [-0.2, -0.15) is 0 Å². The maximum Gasteiger partial charge on any atom is 0.270 e. The lowest BCUT2D eigenvalue weighted by atomic mass is 10.0. The van der Waals surface area contributed by atoms with Crippen LogP contribution >= 0.6 is 0 Å². The average molecular weight is 501 g/mol. The van der Waals surface area contributed by atoms with Crippen LogP contribution in [0.5, 0.6) is 0 Å². The van der Waals surface area contributed by atoms with Gasteiger partial charge >= 0.3 is 0 Å². The van der Waals surface area contributed by atoms with Gasteiger partial charge in [0.2, 0.25) is 0 Å². The Balaban J connectivity index is 1.24. The number of benzene rings is 2. The largest absolute Gasteiger partial charge is 0.347 e. The van der Waals surface area contributed by atoms with Gasteiger partial charge in [-0.3, -0.25) is 9.59 Å². The van der Waals surface area contributed by atoms with Crippen molar-refractivity contribution in [3.05, 3.63) is 88.3 Å². The standard InChI is InChI=1S/C26H25FN8O2/c1-3-16-10-15(4-8-20(16)27)13-28-25(36)22-12-23(30-14-29-22)26(37)31-21-9-6-17-11-18(5-7-19(17)21)24-32-33-34-35(24)2/h4-5,7-8,10-12,14,21H,3,6,9,13H2,1-2H3,(H,28,36)(H,31,37)/t21-/m0/s1. The molecule has 0 spiro atoms. The zero-order chi connectivity index (χ0) is 25.9. The van der Waals surface area contributed by atoms with E-state index in [4.69, 9.17) is 0 Å². The molecule has 188 valence electrons. The second kappa shape index (κ2) is 10.2. The number of nitrogens with one attached hydrogen (secondary N) is 2. The summed E-state index contributed by atoms with van der Waals surface area (Å²) in [7, 11) is 1.78. The van der Waals surface area contributed by atoms with Crippen LogP contribution in [0.4, 0.5) is 4.39 Å². The summed E-state index contributed by atoms with van der Waals surface area (Å²) < 4.78 is 15.3. The molecule has 2 heterocycles. The zero-order valence-corrected chi connectivity index (χ0v) is 20.4. The molecule has 37 heavy (non-hydrogen) atoms. The minimum absolute atomic E-state index is 0.0757. The van der Waals surface area contributed by atoms with Crippen LogP contribution in [-0.2, 0) is 26.4 Å². The minimum Gasteiger partial charge on any atom is -0.347 e. The van der Waals surface area contributed by atoms with Crippen molar-refractivity contribution in [3.8, 4) is 11.4 Å². The number of nitrogens with zero attached hydrogens (tertiary/aromatic N) is 6. The Hall–Kier alpha value is -4.54. The molecular formula is C26H25FN8O2. The van der Waals surface area contributed by atoms with Gasteiger partial charge in [-0.25, -0.2) is 19.0 Å². The molecule has 0 aliphatic heterocycles. The van der Waals surface area contributed by atoms with E-state index in [0.717, 1.165) is 35.1 Å². The molecule has 0 radical (unpaired) electrons. The summed E-state index contributed by atoms with van der Waals surface area (Å²) in [4.78, 5) is 33.7. The molecular weight excluding hydrogens is 475 g/mol. The highest BCUT2D eigenvalue weighted by atomic mass is 19.1. The van der Waals surface area contributed by atoms with Crippen LogP contribution in [0.15, 0.2) is 48.8 Å². The van der Waals surface area contributed by atoms with Crippen molar-refractivity contribution in [1.82, 2.24) is 40.8 Å². The van der Waals surface area contributed by atoms with E-state index in [1.807, 2.05) is 25.1 Å². The third-order valence-electron chi connectivity index (χ3n) is 6.48. The number of carbonyl (C=O) groups excluding carboxylic acids is 2. The van der Waals surface area contributed by atoms with Crippen molar-refractivity contribution >= 4 is 11.8 Å². The molecule has 2 amide bonds. The molecule has 4 aromatic rings. The van der Waals surface area contributed by atoms with E-state index in [-0.39, 0.29) is 35.7 Å². The van der Waals surface area contributed by atoms with Gasteiger partial charge in [0, 0.05) is 25.2 Å². The Bertz CT molecular complexity index is 1490. The van der Waals surface area contributed by atoms with Gasteiger partial charge in [-0.05, 0) is 64.1 Å². The molecule has 0 unspecified atom stereocenters. The lowest BCUT2D eigenvalue weighted by Crippen LogP contribution is -2.29. The Morgan fingerprint density at radius 3 is 2.65 bits per heavy atom. The molecule has 2 aromatic carbocycles. The number of halogens is 1. The highest BCUT2D eigenvalue weighted by Gasteiger charge is 2.26. The van der Waals surface area contributed by atoms with Crippen molar-refractivity contribution in [3.63, 3.8) is 0 Å². The normalized spacial score (nSPS) is 14.3. The first-order valence-corrected chi connectivity index (χ1v) is 12.0. The van der Waals surface area contributed by atoms with Gasteiger partial charge in [0.15, 0.2) is 5.82 Å². The van der Waals surface area contributed by atoms with Gasteiger partial charge in [0.1, 0.15) is 23.5 Å². The van der Waals surface area contributed by atoms with E-state index in [2.05, 4.69) is 36.1 Å². The number of aromatic nitrogens is 6. The lowest BCUT2D eigenvalue weighted by Gasteiger charge is -2.14. The number of hydrogen-bond acceptors (Lipinski definition) is 7. The Morgan fingerprint density at radius 1 is 1.08 bits per heavy atom. The molecule has 0 saturated heterocycles. The summed E-state index contributed by atoms with van der Waals surface area (Å²) in [5.41, 5.74) is 4.61. The number of hydrogen-bond donors (Lipinski definition) is 2. The van der Waals surface area contributed by atoms with Crippen molar-refractivity contribution in [2.45, 2.75) is 38.8 Å². The van der Waals surface area contributed by atoms with Gasteiger partial charge in [0.05, 0.1) is 6.04 Å². The number of amides is 2. The third-order valence-corrected chi connectivity index (χ3v) is 6.48. The molecule has 10 nitrogen and oxygen atoms in total. The van der Waals surface area contributed by atoms with Crippen LogP contribution in [0.1, 0.15) is 62.6 Å². The maximum atomic E-state index is 13.7. The van der Waals surface area contributed by atoms with Gasteiger partial charge in [-0.1, -0.05) is 31.2 Å². The van der Waals surface area contributed by atoms with Gasteiger partial charge in [0.25, 0.3) is 11.8 Å². The smallest absolute Gasteiger partial charge is 0.270 e. The fraction of sp³-hybridized carbons (Fsp3) is 0.269. The quantitative estimate of drug-likeness (QED) is 0.399. The van der Waals surface area contributed by atoms with E-state index < -0.39 is 5.91 Å². The summed E-state index contributed by atoms with van der Waals surface area (Å²) in [6.07, 6.45) is 3.31. The van der Waals surface area contributed by atoms with Crippen LogP contribution in [0.3, 0.4) is 0 Å². The molecule has 2 N–H and O–H groups in total. The Morgan fingerprint density at radius 2 is 1.89 bits per heavy atom. The SMILES string of the molecule is CCc1cc(CNC(=O)c2cc(C(=O)N[C@H]3CCc4cc(-c5nnnn5C)ccc43)ncn2)ccc1F. The predicted octanol–water partition coefficient (Wildman–Crippen LogP) is 2.72. The minimum atomic E-state index is -0.448. The van der Waals surface area contributed by atoms with Crippen molar-refractivity contribution in [2.75, 3.05) is 0 Å². The van der Waals surface area contributed by atoms with E-state index in [0.29, 0.717) is 17.8 Å². The number of fused-ring (bicyclic) bond motifs is 1. The third kappa shape index (κ3) is 5.06. The fourth-order valence-electron chi connectivity index (χ4n) is 4.50. The summed E-state index contributed by atoms with van der Waals surface area (Å²) >= 11 is 0. The molecule has 11 heteroatoms. The number of aryl methyl sites for hydroxylation is 3. The van der Waals surface area contributed by atoms with E-state index >= 15 is 0 Å². The first-order valence-electron chi connectivity index (χ1n) is 12.0. The Labute approximate surface area is 212 Å². The van der Waals surface area contributed by atoms with Crippen molar-refractivity contribution in [1.29, 1.82) is 0 Å². The summed E-state index contributed by atoms with van der Waals surface area (Å²) in [6, 6.07) is 11.9. The second-order valence-corrected chi connectivity index (χ2v) is 8.85. The average Bonchev–Trinajstić information content (AvgIpc) is 3.53. The number of carbonyl (C=O) groups is 2. The van der Waals surface area contributed by atoms with Crippen LogP contribution in [0, 0.1) is 5.82 Å². The molecule has 0 saturated carbocycles. The predicted molar refractivity (Wildman–Crippen MR) is 132 cm³/mol. The zero-order valence-electron chi connectivity index (χ0n) is 20.4. The monoisotopic (exact) mass is 500 g/mol. The van der Waals surface area contributed by atoms with Crippen molar-refractivity contribution < 1.29 is 14.0 Å². The molecule has 2 aromatic heterocycles. The molecule has 5 rings (SSSR count). The molecule has 1 aliphatic rings. The first-order chi connectivity index (χ1) is 17.9. The second-order valence-electron chi connectivity index (χ2n) is 8.85. The summed E-state index contributed by atoms with van der Waals surface area (Å²) in [5.74, 6) is -0.429. The fourth-order valence-corrected chi connectivity index (χ4v) is 4.50. The lowest BCUT2D eigenvalue weighted by molar-refractivity contribution is 0.0931. The molecule has 1 aliphatic carbocycles. The van der Waals surface area contributed by atoms with E-state index in [1.54, 1.807) is 23.9 Å². The highest BCUT2D eigenvalue weighted by molar-refractivity contribution is 5.97.